The molecule has 3 rings (SSSR count). The maximum atomic E-state index is 13.4. The summed E-state index contributed by atoms with van der Waals surface area (Å²) in [6.07, 6.45) is 2.75. The smallest absolute Gasteiger partial charge is 0.262 e. The number of hydrogen-bond acceptors (Lipinski definition) is 6. The van der Waals surface area contributed by atoms with Gasteiger partial charge in [0.05, 0.1) is 31.0 Å². The molecule has 0 aliphatic rings. The van der Waals surface area contributed by atoms with Gasteiger partial charge < -0.3 is 24.6 Å². The SMILES string of the molecule is CCCCc1nc(O)c(C(=O)N(C)CCc2ccc(Cl)cc2)c(O)c1-c1c(OC)cccc1OC. The Hall–Kier alpha value is -3.45. The summed E-state index contributed by atoms with van der Waals surface area (Å²) in [7, 11) is 4.66. The van der Waals surface area contributed by atoms with Gasteiger partial charge in [-0.3, -0.25) is 4.79 Å². The van der Waals surface area contributed by atoms with Crippen LogP contribution in [0.2, 0.25) is 5.02 Å². The van der Waals surface area contributed by atoms with Gasteiger partial charge in [-0.15, -0.1) is 0 Å². The van der Waals surface area contributed by atoms with Crippen LogP contribution >= 0.6 is 11.6 Å². The predicted molar refractivity (Wildman–Crippen MR) is 137 cm³/mol. The van der Waals surface area contributed by atoms with Crippen LogP contribution in [0.1, 0.15) is 41.4 Å². The molecular formula is C27H31ClN2O5. The summed E-state index contributed by atoms with van der Waals surface area (Å²) in [6.45, 7) is 2.40. The number of unbranched alkanes of at least 4 members (excludes halogenated alkanes) is 1. The summed E-state index contributed by atoms with van der Waals surface area (Å²) in [5, 5.41) is 22.8. The summed E-state index contributed by atoms with van der Waals surface area (Å²) in [4.78, 5) is 19.2. The second-order valence-electron chi connectivity index (χ2n) is 8.22. The molecule has 0 saturated carbocycles. The topological polar surface area (TPSA) is 92.1 Å². The highest BCUT2D eigenvalue weighted by Crippen LogP contribution is 2.47. The van der Waals surface area contributed by atoms with Crippen molar-refractivity contribution in [3.05, 3.63) is 64.3 Å². The van der Waals surface area contributed by atoms with E-state index in [2.05, 4.69) is 4.98 Å². The molecule has 0 aliphatic carbocycles. The Kier molecular flexibility index (Phi) is 8.82. The summed E-state index contributed by atoms with van der Waals surface area (Å²) >= 11 is 5.95. The number of aromatic hydroxyl groups is 2. The van der Waals surface area contributed by atoms with Gasteiger partial charge in [-0.25, -0.2) is 4.98 Å². The number of rotatable bonds is 10. The lowest BCUT2D eigenvalue weighted by Crippen LogP contribution is -2.29. The first kappa shape index (κ1) is 26.2. The normalized spacial score (nSPS) is 10.8. The van der Waals surface area contributed by atoms with Crippen molar-refractivity contribution in [2.45, 2.75) is 32.6 Å². The zero-order chi connectivity index (χ0) is 25.5. The number of carbonyl (C=O) groups is 1. The molecule has 0 atom stereocenters. The van der Waals surface area contributed by atoms with Crippen molar-refractivity contribution in [3.8, 4) is 34.3 Å². The molecule has 186 valence electrons. The fourth-order valence-electron chi connectivity index (χ4n) is 3.93. The van der Waals surface area contributed by atoms with Gasteiger partial charge in [0.1, 0.15) is 22.8 Å². The summed E-state index contributed by atoms with van der Waals surface area (Å²) < 4.78 is 11.1. The van der Waals surface area contributed by atoms with E-state index in [1.165, 1.54) is 19.1 Å². The fraction of sp³-hybridized carbons (Fsp3) is 0.333. The highest BCUT2D eigenvalue weighted by atomic mass is 35.5. The van der Waals surface area contributed by atoms with Crippen LogP contribution < -0.4 is 9.47 Å². The van der Waals surface area contributed by atoms with E-state index in [0.717, 1.165) is 18.4 Å². The number of aromatic nitrogens is 1. The van der Waals surface area contributed by atoms with Gasteiger partial charge in [-0.1, -0.05) is 43.1 Å². The zero-order valence-electron chi connectivity index (χ0n) is 20.5. The third kappa shape index (κ3) is 5.80. The fourth-order valence-corrected chi connectivity index (χ4v) is 4.06. The molecule has 1 amide bonds. The molecule has 0 saturated heterocycles. The maximum absolute atomic E-state index is 13.4. The molecule has 3 aromatic rings. The molecule has 0 radical (unpaired) electrons. The Balaban J connectivity index is 2.06. The molecular weight excluding hydrogens is 468 g/mol. The summed E-state index contributed by atoms with van der Waals surface area (Å²) in [5.41, 5.74) is 2.01. The van der Waals surface area contributed by atoms with Gasteiger partial charge in [0.15, 0.2) is 0 Å². The van der Waals surface area contributed by atoms with Crippen molar-refractivity contribution in [1.29, 1.82) is 0 Å². The van der Waals surface area contributed by atoms with Crippen LogP contribution in [-0.2, 0) is 12.8 Å². The van der Waals surface area contributed by atoms with Gasteiger partial charge in [0.2, 0.25) is 5.88 Å². The number of aryl methyl sites for hydroxylation is 1. The summed E-state index contributed by atoms with van der Waals surface area (Å²) in [5.74, 6) is -0.485. The molecule has 1 aromatic heterocycles. The monoisotopic (exact) mass is 498 g/mol. The Morgan fingerprint density at radius 2 is 1.63 bits per heavy atom. The largest absolute Gasteiger partial charge is 0.506 e. The van der Waals surface area contributed by atoms with Crippen molar-refractivity contribution in [3.63, 3.8) is 0 Å². The molecule has 2 N–H and O–H groups in total. The minimum Gasteiger partial charge on any atom is -0.506 e. The van der Waals surface area contributed by atoms with Crippen molar-refractivity contribution in [2.24, 2.45) is 0 Å². The van der Waals surface area contributed by atoms with E-state index in [-0.39, 0.29) is 11.3 Å². The number of ether oxygens (including phenoxy) is 2. The molecule has 0 unspecified atom stereocenters. The van der Waals surface area contributed by atoms with Gasteiger partial charge in [0, 0.05) is 18.6 Å². The van der Waals surface area contributed by atoms with Crippen LogP contribution in [0.4, 0.5) is 0 Å². The predicted octanol–water partition coefficient (Wildman–Crippen LogP) is 5.49. The van der Waals surface area contributed by atoms with E-state index in [1.807, 2.05) is 19.1 Å². The minimum absolute atomic E-state index is 0.258. The third-order valence-electron chi connectivity index (χ3n) is 5.88. The average Bonchev–Trinajstić information content (AvgIpc) is 2.86. The second kappa shape index (κ2) is 11.8. The Labute approximate surface area is 210 Å². The van der Waals surface area contributed by atoms with E-state index in [4.69, 9.17) is 21.1 Å². The van der Waals surface area contributed by atoms with Gasteiger partial charge >= 0.3 is 0 Å². The number of pyridine rings is 1. The average molecular weight is 499 g/mol. The van der Waals surface area contributed by atoms with Crippen LogP contribution in [0, 0.1) is 0 Å². The number of halogens is 1. The molecule has 0 spiro atoms. The molecule has 0 fully saturated rings. The standard InChI is InChI=1S/C27H31ClN2O5/c1-5-6-8-19-22(23-20(34-3)9-7-10-21(23)35-4)25(31)24(26(32)29-19)27(33)30(2)16-15-17-11-13-18(28)14-12-17/h7,9-14H,5-6,8,15-16H2,1-4H3,(H2,29,31,32). The first-order chi connectivity index (χ1) is 16.8. The van der Waals surface area contributed by atoms with Crippen molar-refractivity contribution in [2.75, 3.05) is 27.8 Å². The van der Waals surface area contributed by atoms with E-state index in [0.29, 0.717) is 52.7 Å². The van der Waals surface area contributed by atoms with Gasteiger partial charge in [0.25, 0.3) is 5.91 Å². The van der Waals surface area contributed by atoms with Crippen LogP contribution in [0.25, 0.3) is 11.1 Å². The number of amides is 1. The molecule has 0 aliphatic heterocycles. The minimum atomic E-state index is -0.543. The first-order valence-corrected chi connectivity index (χ1v) is 11.9. The van der Waals surface area contributed by atoms with E-state index in [1.54, 1.807) is 37.4 Å². The number of hydrogen-bond donors (Lipinski definition) is 2. The zero-order valence-corrected chi connectivity index (χ0v) is 21.2. The second-order valence-corrected chi connectivity index (χ2v) is 8.66. The number of benzene rings is 2. The highest BCUT2D eigenvalue weighted by molar-refractivity contribution is 6.30. The van der Waals surface area contributed by atoms with E-state index < -0.39 is 11.8 Å². The lowest BCUT2D eigenvalue weighted by molar-refractivity contribution is 0.0789. The van der Waals surface area contributed by atoms with E-state index in [9.17, 15) is 15.0 Å². The third-order valence-corrected chi connectivity index (χ3v) is 6.13. The Morgan fingerprint density at radius 3 is 2.20 bits per heavy atom. The van der Waals surface area contributed by atoms with Crippen molar-refractivity contribution < 1.29 is 24.5 Å². The molecule has 1 heterocycles. The Bertz CT molecular complexity index is 1160. The van der Waals surface area contributed by atoms with Crippen LogP contribution in [-0.4, -0.2) is 53.8 Å². The highest BCUT2D eigenvalue weighted by Gasteiger charge is 2.29. The quantitative estimate of drug-likeness (QED) is 0.384. The van der Waals surface area contributed by atoms with Crippen LogP contribution in [0.15, 0.2) is 42.5 Å². The van der Waals surface area contributed by atoms with Gasteiger partial charge in [-0.2, -0.15) is 0 Å². The van der Waals surface area contributed by atoms with Crippen LogP contribution in [0.3, 0.4) is 0 Å². The molecule has 7 nitrogen and oxygen atoms in total. The lowest BCUT2D eigenvalue weighted by atomic mass is 9.95. The van der Waals surface area contributed by atoms with Crippen molar-refractivity contribution >= 4 is 17.5 Å². The number of nitrogens with zero attached hydrogens (tertiary/aromatic N) is 2. The molecule has 8 heteroatoms. The first-order valence-electron chi connectivity index (χ1n) is 11.5. The maximum Gasteiger partial charge on any atom is 0.262 e. The van der Waals surface area contributed by atoms with Gasteiger partial charge in [-0.05, 0) is 49.1 Å². The molecule has 35 heavy (non-hydrogen) atoms. The summed E-state index contributed by atoms with van der Waals surface area (Å²) in [6, 6.07) is 12.6. The number of methoxy groups -OCH3 is 2. The molecule has 2 aromatic carbocycles. The van der Waals surface area contributed by atoms with E-state index >= 15 is 0 Å². The number of carbonyl (C=O) groups excluding carboxylic acids is 1. The van der Waals surface area contributed by atoms with Crippen molar-refractivity contribution in [1.82, 2.24) is 9.88 Å². The Morgan fingerprint density at radius 1 is 1.00 bits per heavy atom. The molecule has 0 bridgehead atoms. The number of likely N-dealkylation sites (N-methyl/N-ethyl adjacent to an activating group) is 1. The lowest BCUT2D eigenvalue weighted by Gasteiger charge is -2.22. The van der Waals surface area contributed by atoms with Crippen LogP contribution in [0.5, 0.6) is 23.1 Å².